The molecule has 0 radical (unpaired) electrons. The van der Waals surface area contributed by atoms with Crippen molar-refractivity contribution >= 4 is 17.9 Å². The Kier molecular flexibility index (Phi) is 7.71. The number of benzene rings is 1. The molecule has 1 aliphatic heterocycles. The van der Waals surface area contributed by atoms with E-state index in [1.54, 1.807) is 0 Å². The summed E-state index contributed by atoms with van der Waals surface area (Å²) in [5, 5.41) is 0. The summed E-state index contributed by atoms with van der Waals surface area (Å²) in [6, 6.07) is 9.28. The van der Waals surface area contributed by atoms with Gasteiger partial charge < -0.3 is 23.7 Å². The minimum absolute atomic E-state index is 0.150. The maximum absolute atomic E-state index is 11.6. The molecule has 1 aromatic carbocycles. The maximum Gasteiger partial charge on any atom is 0.305 e. The molecular weight excluding hydrogens is 368 g/mol. The topological polar surface area (TPSA) is 97.4 Å². The van der Waals surface area contributed by atoms with Crippen LogP contribution < -0.4 is 0 Å². The van der Waals surface area contributed by atoms with Gasteiger partial charge in [-0.1, -0.05) is 36.4 Å². The Morgan fingerprint density at radius 2 is 1.50 bits per heavy atom. The van der Waals surface area contributed by atoms with Crippen LogP contribution in [0.4, 0.5) is 0 Å². The Hall–Kier alpha value is -2.71. The van der Waals surface area contributed by atoms with Crippen LogP contribution in [-0.4, -0.2) is 48.6 Å². The van der Waals surface area contributed by atoms with Crippen molar-refractivity contribution in [3.8, 4) is 0 Å². The lowest BCUT2D eigenvalue weighted by Crippen LogP contribution is -2.61. The van der Waals surface area contributed by atoms with E-state index >= 15 is 0 Å². The number of carbonyl (C=O) groups excluding carboxylic acids is 3. The number of carbonyl (C=O) groups is 3. The Morgan fingerprint density at radius 3 is 2.04 bits per heavy atom. The van der Waals surface area contributed by atoms with Gasteiger partial charge in [-0.15, -0.1) is 6.58 Å². The second-order valence-corrected chi connectivity index (χ2v) is 6.22. The zero-order valence-electron chi connectivity index (χ0n) is 16.0. The van der Waals surface area contributed by atoms with Gasteiger partial charge in [-0.2, -0.15) is 0 Å². The van der Waals surface area contributed by atoms with E-state index in [1.165, 1.54) is 26.8 Å². The highest BCUT2D eigenvalue weighted by Gasteiger charge is 2.51. The number of hydrogen-bond acceptors (Lipinski definition) is 8. The Bertz CT molecular complexity index is 701. The minimum Gasteiger partial charge on any atom is -0.456 e. The van der Waals surface area contributed by atoms with Crippen molar-refractivity contribution in [3.05, 3.63) is 48.6 Å². The van der Waals surface area contributed by atoms with Crippen LogP contribution in [0, 0.1) is 0 Å². The van der Waals surface area contributed by atoms with Gasteiger partial charge in [0, 0.05) is 20.8 Å². The second kappa shape index (κ2) is 10.0. The highest BCUT2D eigenvalue weighted by molar-refractivity contribution is 5.68. The molecule has 0 N–H and O–H groups in total. The third kappa shape index (κ3) is 5.90. The van der Waals surface area contributed by atoms with Crippen molar-refractivity contribution in [2.75, 3.05) is 0 Å². The first-order valence-electron chi connectivity index (χ1n) is 8.77. The summed E-state index contributed by atoms with van der Waals surface area (Å²) in [5.41, 5.74) is 0.858. The first-order valence-corrected chi connectivity index (χ1v) is 8.77. The lowest BCUT2D eigenvalue weighted by Gasteiger charge is -2.43. The van der Waals surface area contributed by atoms with Crippen LogP contribution in [0.3, 0.4) is 0 Å². The van der Waals surface area contributed by atoms with Gasteiger partial charge in [-0.05, 0) is 5.56 Å². The predicted octanol–water partition coefficient (Wildman–Crippen LogP) is 1.91. The molecule has 8 heteroatoms. The summed E-state index contributed by atoms with van der Waals surface area (Å²) in [6.07, 6.45) is -3.69. The van der Waals surface area contributed by atoms with Crippen molar-refractivity contribution < 1.29 is 38.1 Å². The average Bonchev–Trinajstić information content (AvgIpc) is 2.62. The van der Waals surface area contributed by atoms with Crippen LogP contribution in [0.1, 0.15) is 26.3 Å². The van der Waals surface area contributed by atoms with Crippen LogP contribution in [0.5, 0.6) is 0 Å². The van der Waals surface area contributed by atoms with Crippen molar-refractivity contribution in [1.29, 1.82) is 0 Å². The van der Waals surface area contributed by atoms with Crippen LogP contribution in [-0.2, 0) is 44.7 Å². The summed E-state index contributed by atoms with van der Waals surface area (Å²) < 4.78 is 27.5. The maximum atomic E-state index is 11.6. The summed E-state index contributed by atoms with van der Waals surface area (Å²) in [4.78, 5) is 34.8. The summed E-state index contributed by atoms with van der Waals surface area (Å²) >= 11 is 0. The third-order valence-corrected chi connectivity index (χ3v) is 3.93. The van der Waals surface area contributed by atoms with E-state index in [0.29, 0.717) is 0 Å². The van der Waals surface area contributed by atoms with Crippen molar-refractivity contribution in [1.82, 2.24) is 0 Å². The highest BCUT2D eigenvalue weighted by atomic mass is 16.7. The molecule has 1 saturated heterocycles. The van der Waals surface area contributed by atoms with Gasteiger partial charge >= 0.3 is 17.9 Å². The van der Waals surface area contributed by atoms with Gasteiger partial charge in [-0.25, -0.2) is 0 Å². The van der Waals surface area contributed by atoms with E-state index in [4.69, 9.17) is 23.7 Å². The number of hydrogen-bond donors (Lipinski definition) is 0. The zero-order valence-corrected chi connectivity index (χ0v) is 16.0. The second-order valence-electron chi connectivity index (χ2n) is 6.22. The molecule has 0 saturated carbocycles. The Morgan fingerprint density at radius 1 is 0.929 bits per heavy atom. The molecule has 0 bridgehead atoms. The van der Waals surface area contributed by atoms with Gasteiger partial charge in [0.2, 0.25) is 6.29 Å². The molecule has 1 fully saturated rings. The number of ether oxygens (including phenoxy) is 5. The molecule has 152 valence electrons. The van der Waals surface area contributed by atoms with E-state index in [-0.39, 0.29) is 6.61 Å². The first kappa shape index (κ1) is 21.6. The Labute approximate surface area is 163 Å². The van der Waals surface area contributed by atoms with Crippen molar-refractivity contribution in [2.24, 2.45) is 0 Å². The SMILES string of the molecule is C=C[C@H]1OC(OC(C)=O)[C@H](OC(C)=O)[C@@H](OCc2ccccc2)[C@@H]1OC(C)=O. The van der Waals surface area contributed by atoms with Gasteiger partial charge in [0.05, 0.1) is 6.61 Å². The molecule has 1 aromatic rings. The van der Waals surface area contributed by atoms with Crippen LogP contribution in [0.2, 0.25) is 0 Å². The van der Waals surface area contributed by atoms with Gasteiger partial charge in [0.1, 0.15) is 12.2 Å². The molecule has 28 heavy (non-hydrogen) atoms. The summed E-state index contributed by atoms with van der Waals surface area (Å²) in [6.45, 7) is 7.48. The van der Waals surface area contributed by atoms with E-state index < -0.39 is 48.6 Å². The quantitative estimate of drug-likeness (QED) is 0.394. The van der Waals surface area contributed by atoms with Crippen LogP contribution in [0.25, 0.3) is 0 Å². The first-order chi connectivity index (χ1) is 13.3. The smallest absolute Gasteiger partial charge is 0.305 e. The highest BCUT2D eigenvalue weighted by Crippen LogP contribution is 2.30. The molecule has 0 aliphatic carbocycles. The van der Waals surface area contributed by atoms with Crippen molar-refractivity contribution in [3.63, 3.8) is 0 Å². The van der Waals surface area contributed by atoms with Crippen LogP contribution >= 0.6 is 0 Å². The zero-order chi connectivity index (χ0) is 20.7. The van der Waals surface area contributed by atoms with E-state index in [2.05, 4.69) is 6.58 Å². The fourth-order valence-electron chi connectivity index (χ4n) is 2.88. The van der Waals surface area contributed by atoms with Gasteiger partial charge in [0.15, 0.2) is 12.2 Å². The number of esters is 3. The normalized spacial score (nSPS) is 26.8. The van der Waals surface area contributed by atoms with Crippen molar-refractivity contribution in [2.45, 2.75) is 58.1 Å². The third-order valence-electron chi connectivity index (χ3n) is 3.93. The van der Waals surface area contributed by atoms with Gasteiger partial charge in [0.25, 0.3) is 0 Å². The fourth-order valence-corrected chi connectivity index (χ4v) is 2.88. The minimum atomic E-state index is -1.24. The molecule has 0 aromatic heterocycles. The van der Waals surface area contributed by atoms with Crippen LogP contribution in [0.15, 0.2) is 43.0 Å². The molecule has 1 unspecified atom stereocenters. The predicted molar refractivity (Wildman–Crippen MR) is 96.8 cm³/mol. The van der Waals surface area contributed by atoms with E-state index in [9.17, 15) is 14.4 Å². The molecule has 2 rings (SSSR count). The Balaban J connectivity index is 2.34. The molecule has 1 heterocycles. The lowest BCUT2D eigenvalue weighted by molar-refractivity contribution is -0.293. The van der Waals surface area contributed by atoms with E-state index in [0.717, 1.165) is 5.56 Å². The molecule has 0 amide bonds. The molecule has 0 spiro atoms. The number of rotatable bonds is 7. The average molecular weight is 392 g/mol. The summed E-state index contributed by atoms with van der Waals surface area (Å²) in [7, 11) is 0. The molecule has 5 atom stereocenters. The molecule has 1 aliphatic rings. The lowest BCUT2D eigenvalue weighted by atomic mass is 9.97. The van der Waals surface area contributed by atoms with E-state index in [1.807, 2.05) is 30.3 Å². The largest absolute Gasteiger partial charge is 0.456 e. The standard InChI is InChI=1S/C20H24O8/c1-5-16-17(25-12(2)21)18(24-11-15-9-7-6-8-10-15)19(26-13(3)22)20(28-16)27-14(4)23/h5-10,16-20H,1,11H2,2-4H3/t16-,17-,18+,19-,20?/m1/s1. The molecular formula is C20H24O8. The monoisotopic (exact) mass is 392 g/mol. The fraction of sp³-hybridized carbons (Fsp3) is 0.450. The molecule has 8 nitrogen and oxygen atoms in total. The summed E-state index contributed by atoms with van der Waals surface area (Å²) in [5.74, 6) is -1.82. The van der Waals surface area contributed by atoms with Gasteiger partial charge in [-0.3, -0.25) is 14.4 Å².